The van der Waals surface area contributed by atoms with Gasteiger partial charge in [0.15, 0.2) is 5.96 Å². The Morgan fingerprint density at radius 3 is 2.70 bits per heavy atom. The van der Waals surface area contributed by atoms with Crippen molar-refractivity contribution in [1.82, 2.24) is 16.0 Å². The second kappa shape index (κ2) is 10.6. The molecule has 0 aliphatic carbocycles. The zero-order valence-corrected chi connectivity index (χ0v) is 14.8. The van der Waals surface area contributed by atoms with Gasteiger partial charge in [-0.25, -0.2) is 4.99 Å². The van der Waals surface area contributed by atoms with E-state index in [1.807, 2.05) is 18.2 Å². The number of rotatable bonds is 8. The van der Waals surface area contributed by atoms with Crippen LogP contribution in [0.15, 0.2) is 29.3 Å². The van der Waals surface area contributed by atoms with E-state index in [0.717, 1.165) is 37.0 Å². The summed E-state index contributed by atoms with van der Waals surface area (Å²) < 4.78 is 0. The molecule has 0 heterocycles. The maximum atomic E-state index is 11.7. The fraction of sp³-hybridized carbons (Fsp3) is 0.556. The van der Waals surface area contributed by atoms with Crippen LogP contribution in [0.1, 0.15) is 49.5 Å². The molecule has 0 atom stereocenters. The van der Waals surface area contributed by atoms with Gasteiger partial charge in [-0.05, 0) is 43.4 Å². The molecular formula is C18H30N4O. The molecule has 1 aromatic rings. The van der Waals surface area contributed by atoms with E-state index in [-0.39, 0.29) is 5.91 Å². The molecule has 0 aromatic heterocycles. The highest BCUT2D eigenvalue weighted by atomic mass is 16.1. The number of hydrogen-bond acceptors (Lipinski definition) is 2. The predicted octanol–water partition coefficient (Wildman–Crippen LogP) is 2.54. The summed E-state index contributed by atoms with van der Waals surface area (Å²) in [6.45, 7) is 8.82. The highest BCUT2D eigenvalue weighted by molar-refractivity contribution is 5.94. The molecule has 3 N–H and O–H groups in total. The van der Waals surface area contributed by atoms with E-state index in [2.05, 4.69) is 41.7 Å². The lowest BCUT2D eigenvalue weighted by Gasteiger charge is -2.12. The molecule has 23 heavy (non-hydrogen) atoms. The number of aliphatic imine (C=N–C) groups is 1. The molecule has 1 aromatic carbocycles. The number of carbonyl (C=O) groups excluding carboxylic acids is 1. The van der Waals surface area contributed by atoms with Crippen LogP contribution in [-0.2, 0) is 6.54 Å². The van der Waals surface area contributed by atoms with E-state index in [1.165, 1.54) is 6.42 Å². The fourth-order valence-electron chi connectivity index (χ4n) is 2.18. The minimum absolute atomic E-state index is 0.0745. The minimum atomic E-state index is -0.0745. The quantitative estimate of drug-likeness (QED) is 0.392. The van der Waals surface area contributed by atoms with Crippen LogP contribution in [0.3, 0.4) is 0 Å². The predicted molar refractivity (Wildman–Crippen MR) is 96.7 cm³/mol. The van der Waals surface area contributed by atoms with Crippen molar-refractivity contribution >= 4 is 11.9 Å². The first-order valence-corrected chi connectivity index (χ1v) is 8.40. The molecular weight excluding hydrogens is 288 g/mol. The summed E-state index contributed by atoms with van der Waals surface area (Å²) in [4.78, 5) is 16.3. The highest BCUT2D eigenvalue weighted by Crippen LogP contribution is 2.07. The summed E-state index contributed by atoms with van der Waals surface area (Å²) in [6.07, 6.45) is 2.34. The number of amides is 1. The van der Waals surface area contributed by atoms with Gasteiger partial charge in [-0.15, -0.1) is 0 Å². The Morgan fingerprint density at radius 2 is 2.04 bits per heavy atom. The maximum Gasteiger partial charge on any atom is 0.251 e. The van der Waals surface area contributed by atoms with Gasteiger partial charge in [0.2, 0.25) is 0 Å². The SMILES string of the molecule is CCNC(=NCc1cccc(C(=O)NC)c1)NCCCC(C)C. The zero-order chi connectivity index (χ0) is 17.1. The van der Waals surface area contributed by atoms with Gasteiger partial charge in [-0.1, -0.05) is 26.0 Å². The van der Waals surface area contributed by atoms with E-state index >= 15 is 0 Å². The van der Waals surface area contributed by atoms with Gasteiger partial charge in [0.1, 0.15) is 0 Å². The van der Waals surface area contributed by atoms with Crippen LogP contribution >= 0.6 is 0 Å². The number of carbonyl (C=O) groups is 1. The topological polar surface area (TPSA) is 65.5 Å². The number of guanidine groups is 1. The summed E-state index contributed by atoms with van der Waals surface area (Å²) in [5, 5.41) is 9.24. The fourth-order valence-corrected chi connectivity index (χ4v) is 2.18. The highest BCUT2D eigenvalue weighted by Gasteiger charge is 2.04. The van der Waals surface area contributed by atoms with Crippen LogP contribution in [0, 0.1) is 5.92 Å². The zero-order valence-electron chi connectivity index (χ0n) is 14.8. The average Bonchev–Trinajstić information content (AvgIpc) is 2.55. The Balaban J connectivity index is 2.60. The third-order valence-electron chi connectivity index (χ3n) is 3.43. The van der Waals surface area contributed by atoms with Crippen molar-refractivity contribution in [3.05, 3.63) is 35.4 Å². The molecule has 0 saturated heterocycles. The van der Waals surface area contributed by atoms with E-state index < -0.39 is 0 Å². The number of benzene rings is 1. The molecule has 0 unspecified atom stereocenters. The monoisotopic (exact) mass is 318 g/mol. The maximum absolute atomic E-state index is 11.7. The lowest BCUT2D eigenvalue weighted by Crippen LogP contribution is -2.37. The van der Waals surface area contributed by atoms with Crippen molar-refractivity contribution in [3.63, 3.8) is 0 Å². The van der Waals surface area contributed by atoms with Crippen molar-refractivity contribution in [1.29, 1.82) is 0 Å². The second-order valence-corrected chi connectivity index (χ2v) is 5.94. The van der Waals surface area contributed by atoms with Gasteiger partial charge < -0.3 is 16.0 Å². The second-order valence-electron chi connectivity index (χ2n) is 5.94. The van der Waals surface area contributed by atoms with E-state index in [9.17, 15) is 4.79 Å². The molecule has 0 bridgehead atoms. The Hall–Kier alpha value is -2.04. The summed E-state index contributed by atoms with van der Waals surface area (Å²) in [7, 11) is 1.64. The molecule has 0 spiro atoms. The molecule has 0 aliphatic rings. The first-order valence-electron chi connectivity index (χ1n) is 8.40. The Morgan fingerprint density at radius 1 is 1.26 bits per heavy atom. The third-order valence-corrected chi connectivity index (χ3v) is 3.43. The van der Waals surface area contributed by atoms with Crippen molar-refractivity contribution in [2.45, 2.75) is 40.2 Å². The summed E-state index contributed by atoms with van der Waals surface area (Å²) >= 11 is 0. The molecule has 0 radical (unpaired) electrons. The van der Waals surface area contributed by atoms with E-state index in [0.29, 0.717) is 12.1 Å². The van der Waals surface area contributed by atoms with Gasteiger partial charge in [-0.2, -0.15) is 0 Å². The number of hydrogen-bond donors (Lipinski definition) is 3. The molecule has 128 valence electrons. The first-order chi connectivity index (χ1) is 11.1. The summed E-state index contributed by atoms with van der Waals surface area (Å²) in [5.41, 5.74) is 1.68. The van der Waals surface area contributed by atoms with E-state index in [1.54, 1.807) is 13.1 Å². The summed E-state index contributed by atoms with van der Waals surface area (Å²) in [6, 6.07) is 7.56. The molecule has 5 nitrogen and oxygen atoms in total. The Labute approximate surface area is 140 Å². The van der Waals surface area contributed by atoms with Crippen LogP contribution in [0.4, 0.5) is 0 Å². The van der Waals surface area contributed by atoms with Crippen LogP contribution in [0.25, 0.3) is 0 Å². The standard InChI is InChI=1S/C18H30N4O/c1-5-20-18(21-11-7-8-14(2)3)22-13-15-9-6-10-16(12-15)17(23)19-4/h6,9-10,12,14H,5,7-8,11,13H2,1-4H3,(H,19,23)(H2,20,21,22). The van der Waals surface area contributed by atoms with Crippen LogP contribution in [-0.4, -0.2) is 32.0 Å². The molecule has 0 aliphatic heterocycles. The first kappa shape index (κ1) is 19.0. The van der Waals surface area contributed by atoms with Gasteiger partial charge in [0.25, 0.3) is 5.91 Å². The van der Waals surface area contributed by atoms with E-state index in [4.69, 9.17) is 0 Å². The van der Waals surface area contributed by atoms with Gasteiger partial charge >= 0.3 is 0 Å². The molecule has 5 heteroatoms. The van der Waals surface area contributed by atoms with Crippen molar-refractivity contribution < 1.29 is 4.79 Å². The molecule has 1 rings (SSSR count). The van der Waals surface area contributed by atoms with Crippen molar-refractivity contribution in [3.8, 4) is 0 Å². The third kappa shape index (κ3) is 7.68. The van der Waals surface area contributed by atoms with Gasteiger partial charge in [-0.3, -0.25) is 4.79 Å². The van der Waals surface area contributed by atoms with Crippen LogP contribution in [0.2, 0.25) is 0 Å². The number of nitrogens with zero attached hydrogens (tertiary/aromatic N) is 1. The van der Waals surface area contributed by atoms with Crippen molar-refractivity contribution in [2.24, 2.45) is 10.9 Å². The minimum Gasteiger partial charge on any atom is -0.357 e. The Bertz CT molecular complexity index is 511. The normalized spacial score (nSPS) is 11.4. The molecule has 0 fully saturated rings. The van der Waals surface area contributed by atoms with Gasteiger partial charge in [0, 0.05) is 25.7 Å². The summed E-state index contributed by atoms with van der Waals surface area (Å²) in [5.74, 6) is 1.47. The van der Waals surface area contributed by atoms with Gasteiger partial charge in [0.05, 0.1) is 6.54 Å². The number of nitrogens with one attached hydrogen (secondary N) is 3. The Kier molecular flexibility index (Phi) is 8.80. The average molecular weight is 318 g/mol. The lowest BCUT2D eigenvalue weighted by molar-refractivity contribution is 0.0963. The van der Waals surface area contributed by atoms with Crippen LogP contribution < -0.4 is 16.0 Å². The lowest BCUT2D eigenvalue weighted by atomic mass is 10.1. The van der Waals surface area contributed by atoms with Crippen molar-refractivity contribution in [2.75, 3.05) is 20.1 Å². The molecule has 0 saturated carbocycles. The largest absolute Gasteiger partial charge is 0.357 e. The smallest absolute Gasteiger partial charge is 0.251 e. The van der Waals surface area contributed by atoms with Crippen LogP contribution in [0.5, 0.6) is 0 Å². The molecule has 1 amide bonds.